The predicted octanol–water partition coefficient (Wildman–Crippen LogP) is 3.42. The number of carbonyl (C=O) groups is 2. The molecule has 1 unspecified atom stereocenters. The van der Waals surface area contributed by atoms with Gasteiger partial charge in [0.2, 0.25) is 0 Å². The molecular weight excluding hydrogens is 296 g/mol. The van der Waals surface area contributed by atoms with Crippen LogP contribution in [-0.4, -0.2) is 21.7 Å². The Labute approximate surface area is 115 Å². The van der Waals surface area contributed by atoms with Gasteiger partial charge in [-0.15, -0.1) is 0 Å². The van der Waals surface area contributed by atoms with Gasteiger partial charge in [-0.2, -0.15) is 0 Å². The number of aliphatic carboxylic acids is 1. The smallest absolute Gasteiger partial charge is 0.303 e. The molecule has 0 heterocycles. The van der Waals surface area contributed by atoms with Crippen molar-refractivity contribution < 1.29 is 14.7 Å². The molecule has 1 N–H and O–H groups in total. The zero-order chi connectivity index (χ0) is 13.9. The lowest BCUT2D eigenvalue weighted by molar-refractivity contribution is -0.137. The van der Waals surface area contributed by atoms with E-state index in [-0.39, 0.29) is 12.2 Å². The monoisotopic (exact) mass is 312 g/mol. The lowest BCUT2D eigenvalue weighted by atomic mass is 9.94. The zero-order valence-electron chi connectivity index (χ0n) is 10.8. The number of rotatable bonds is 5. The van der Waals surface area contributed by atoms with Crippen molar-refractivity contribution in [1.29, 1.82) is 0 Å². The number of aryl methyl sites for hydroxylation is 3. The van der Waals surface area contributed by atoms with E-state index in [0.717, 1.165) is 16.7 Å². The van der Waals surface area contributed by atoms with Gasteiger partial charge in [0.1, 0.15) is 0 Å². The van der Waals surface area contributed by atoms with E-state index in [9.17, 15) is 9.59 Å². The molecule has 0 saturated heterocycles. The maximum atomic E-state index is 12.3. The Morgan fingerprint density at radius 1 is 1.22 bits per heavy atom. The summed E-state index contributed by atoms with van der Waals surface area (Å²) >= 11 is 3.28. The number of halogens is 1. The summed E-state index contributed by atoms with van der Waals surface area (Å²) in [6, 6.07) is 3.94. The Hall–Kier alpha value is -1.16. The van der Waals surface area contributed by atoms with Gasteiger partial charge in [0, 0.05) is 12.0 Å². The summed E-state index contributed by atoms with van der Waals surface area (Å²) in [5.41, 5.74) is 3.71. The van der Waals surface area contributed by atoms with Crippen LogP contribution < -0.4 is 0 Å². The SMILES string of the molecule is Cc1cc(C)c(C(=O)C(Br)CCC(=O)O)c(C)c1. The summed E-state index contributed by atoms with van der Waals surface area (Å²) in [5, 5.41) is 8.63. The molecule has 1 aromatic rings. The molecule has 0 saturated carbocycles. The molecule has 0 amide bonds. The molecule has 98 valence electrons. The summed E-state index contributed by atoms with van der Waals surface area (Å²) in [7, 11) is 0. The van der Waals surface area contributed by atoms with E-state index in [1.807, 2.05) is 32.9 Å². The van der Waals surface area contributed by atoms with Gasteiger partial charge in [-0.05, 0) is 38.3 Å². The molecule has 0 aliphatic carbocycles. The van der Waals surface area contributed by atoms with Crippen molar-refractivity contribution >= 4 is 27.7 Å². The number of alkyl halides is 1. The number of carboxylic acids is 1. The highest BCUT2D eigenvalue weighted by molar-refractivity contribution is 9.10. The van der Waals surface area contributed by atoms with E-state index in [4.69, 9.17) is 5.11 Å². The molecule has 0 aliphatic heterocycles. The van der Waals surface area contributed by atoms with Gasteiger partial charge >= 0.3 is 5.97 Å². The molecular formula is C14H17BrO3. The summed E-state index contributed by atoms with van der Waals surface area (Å²) in [6.07, 6.45) is 0.298. The van der Waals surface area contributed by atoms with Crippen molar-refractivity contribution in [3.63, 3.8) is 0 Å². The van der Waals surface area contributed by atoms with Crippen LogP contribution in [0.5, 0.6) is 0 Å². The van der Waals surface area contributed by atoms with Crippen LogP contribution >= 0.6 is 15.9 Å². The number of ketones is 1. The van der Waals surface area contributed by atoms with E-state index in [0.29, 0.717) is 12.0 Å². The van der Waals surface area contributed by atoms with Crippen molar-refractivity contribution in [2.75, 3.05) is 0 Å². The Kier molecular flexibility index (Phi) is 5.08. The third-order valence-corrected chi connectivity index (χ3v) is 3.69. The van der Waals surface area contributed by atoms with Crippen LogP contribution in [0.1, 0.15) is 39.9 Å². The van der Waals surface area contributed by atoms with Gasteiger partial charge in [-0.1, -0.05) is 33.6 Å². The minimum Gasteiger partial charge on any atom is -0.481 e. The zero-order valence-corrected chi connectivity index (χ0v) is 12.4. The quantitative estimate of drug-likeness (QED) is 0.669. The molecule has 0 radical (unpaired) electrons. The molecule has 0 bridgehead atoms. The third kappa shape index (κ3) is 3.67. The second-order valence-corrected chi connectivity index (χ2v) is 5.64. The van der Waals surface area contributed by atoms with Gasteiger partial charge in [-0.25, -0.2) is 0 Å². The Bertz CT molecular complexity index is 457. The van der Waals surface area contributed by atoms with E-state index in [2.05, 4.69) is 15.9 Å². The van der Waals surface area contributed by atoms with E-state index < -0.39 is 10.8 Å². The molecule has 3 nitrogen and oxygen atoms in total. The average molecular weight is 313 g/mol. The highest BCUT2D eigenvalue weighted by atomic mass is 79.9. The van der Waals surface area contributed by atoms with Crippen molar-refractivity contribution in [2.45, 2.75) is 38.4 Å². The predicted molar refractivity (Wildman–Crippen MR) is 74.6 cm³/mol. The largest absolute Gasteiger partial charge is 0.481 e. The first-order valence-electron chi connectivity index (χ1n) is 5.81. The number of carbonyl (C=O) groups excluding carboxylic acids is 1. The summed E-state index contributed by atoms with van der Waals surface area (Å²) in [5.74, 6) is -0.921. The molecule has 18 heavy (non-hydrogen) atoms. The second kappa shape index (κ2) is 6.14. The number of carboxylic acid groups (broad SMARTS) is 1. The number of hydrogen-bond donors (Lipinski definition) is 1. The molecule has 1 rings (SSSR count). The van der Waals surface area contributed by atoms with Crippen LogP contribution in [0.25, 0.3) is 0 Å². The van der Waals surface area contributed by atoms with Gasteiger partial charge < -0.3 is 5.11 Å². The van der Waals surface area contributed by atoms with Crippen molar-refractivity contribution in [3.8, 4) is 0 Å². The standard InChI is InChI=1S/C14H17BrO3/c1-8-6-9(2)13(10(3)7-8)14(18)11(15)4-5-12(16)17/h6-7,11H,4-5H2,1-3H3,(H,16,17). The first kappa shape index (κ1) is 14.9. The number of hydrogen-bond acceptors (Lipinski definition) is 2. The minimum absolute atomic E-state index is 0.00832. The summed E-state index contributed by atoms with van der Waals surface area (Å²) < 4.78 is 0. The lowest BCUT2D eigenvalue weighted by Crippen LogP contribution is -2.18. The normalized spacial score (nSPS) is 12.2. The molecule has 1 aromatic carbocycles. The first-order valence-corrected chi connectivity index (χ1v) is 6.72. The topological polar surface area (TPSA) is 54.4 Å². The van der Waals surface area contributed by atoms with E-state index in [1.54, 1.807) is 0 Å². The maximum Gasteiger partial charge on any atom is 0.303 e. The fourth-order valence-electron chi connectivity index (χ4n) is 2.11. The molecule has 0 aromatic heterocycles. The summed E-state index contributed by atoms with van der Waals surface area (Å²) in [6.45, 7) is 5.80. The van der Waals surface area contributed by atoms with Gasteiger partial charge in [0.15, 0.2) is 5.78 Å². The number of benzene rings is 1. The highest BCUT2D eigenvalue weighted by Crippen LogP contribution is 2.22. The van der Waals surface area contributed by atoms with Crippen LogP contribution in [0.3, 0.4) is 0 Å². The fourth-order valence-corrected chi connectivity index (χ4v) is 2.56. The third-order valence-electron chi connectivity index (χ3n) is 2.82. The lowest BCUT2D eigenvalue weighted by Gasteiger charge is -2.13. The number of Topliss-reactive ketones (excluding diaryl/α,β-unsaturated/α-hetero) is 1. The molecule has 0 spiro atoms. The Morgan fingerprint density at radius 3 is 2.17 bits per heavy atom. The van der Waals surface area contributed by atoms with Crippen molar-refractivity contribution in [3.05, 3.63) is 34.4 Å². The first-order chi connectivity index (χ1) is 8.32. The Balaban J connectivity index is 2.93. The molecule has 0 aliphatic rings. The van der Waals surface area contributed by atoms with Crippen LogP contribution in [0.4, 0.5) is 0 Å². The van der Waals surface area contributed by atoms with Crippen molar-refractivity contribution in [1.82, 2.24) is 0 Å². The second-order valence-electron chi connectivity index (χ2n) is 4.54. The average Bonchev–Trinajstić information content (AvgIpc) is 2.24. The fraction of sp³-hybridized carbons (Fsp3) is 0.429. The Morgan fingerprint density at radius 2 is 1.72 bits per heavy atom. The van der Waals surface area contributed by atoms with Gasteiger partial charge in [0.05, 0.1) is 4.83 Å². The molecule has 1 atom stereocenters. The van der Waals surface area contributed by atoms with Crippen molar-refractivity contribution in [2.24, 2.45) is 0 Å². The molecule has 0 fully saturated rings. The summed E-state index contributed by atoms with van der Waals surface area (Å²) in [4.78, 5) is 22.3. The van der Waals surface area contributed by atoms with Crippen LogP contribution in [0.2, 0.25) is 0 Å². The van der Waals surface area contributed by atoms with Crippen LogP contribution in [0, 0.1) is 20.8 Å². The van der Waals surface area contributed by atoms with Crippen LogP contribution in [-0.2, 0) is 4.79 Å². The van der Waals surface area contributed by atoms with E-state index in [1.165, 1.54) is 0 Å². The molecule has 4 heteroatoms. The highest BCUT2D eigenvalue weighted by Gasteiger charge is 2.21. The van der Waals surface area contributed by atoms with Crippen LogP contribution in [0.15, 0.2) is 12.1 Å². The maximum absolute atomic E-state index is 12.3. The van der Waals surface area contributed by atoms with E-state index >= 15 is 0 Å². The van der Waals surface area contributed by atoms with Gasteiger partial charge in [0.25, 0.3) is 0 Å². The van der Waals surface area contributed by atoms with Gasteiger partial charge in [-0.3, -0.25) is 9.59 Å². The minimum atomic E-state index is -0.885.